The smallest absolute Gasteiger partial charge is 0.271 e. The summed E-state index contributed by atoms with van der Waals surface area (Å²) < 4.78 is 7.50. The quantitative estimate of drug-likeness (QED) is 0.194. The van der Waals surface area contributed by atoms with Crippen molar-refractivity contribution < 1.29 is 14.5 Å². The number of nitrogens with zero attached hydrogens (tertiary/aromatic N) is 3. The summed E-state index contributed by atoms with van der Waals surface area (Å²) in [6.45, 7) is 6.47. The molecule has 8 heteroatoms. The van der Waals surface area contributed by atoms with Crippen molar-refractivity contribution in [3.63, 3.8) is 0 Å². The van der Waals surface area contributed by atoms with Gasteiger partial charge in [0, 0.05) is 40.3 Å². The minimum Gasteiger partial charge on any atom is -0.494 e. The molecule has 0 bridgehead atoms. The summed E-state index contributed by atoms with van der Waals surface area (Å²) in [6, 6.07) is 23.4. The summed E-state index contributed by atoms with van der Waals surface area (Å²) in [5, 5.41) is 15.0. The molecule has 4 aromatic rings. The minimum absolute atomic E-state index is 0.0684. The topological polar surface area (TPSA) is 98.8 Å². The number of benzene rings is 3. The van der Waals surface area contributed by atoms with Crippen LogP contribution in [0.4, 0.5) is 5.69 Å². The Hall–Kier alpha value is -4.72. The summed E-state index contributed by atoms with van der Waals surface area (Å²) in [7, 11) is 0. The van der Waals surface area contributed by atoms with Crippen LogP contribution in [0.3, 0.4) is 0 Å². The van der Waals surface area contributed by atoms with Gasteiger partial charge in [0.1, 0.15) is 5.75 Å². The van der Waals surface area contributed by atoms with E-state index in [1.165, 1.54) is 12.1 Å². The lowest BCUT2D eigenvalue weighted by atomic mass is 10.0. The SMILES string of the molecule is CCOc1ccc(C(=O)N/N=C/c2cc(C)n(-c3ccc(-c4ccc([N+](=O)[O-])cc4)cc3)c2C)cc1. The fraction of sp³-hybridized carbons (Fsp3) is 0.143. The van der Waals surface area contributed by atoms with Crippen LogP contribution >= 0.6 is 0 Å². The van der Waals surface area contributed by atoms with Gasteiger partial charge >= 0.3 is 0 Å². The number of nitrogens with one attached hydrogen (secondary N) is 1. The molecule has 1 aromatic heterocycles. The van der Waals surface area contributed by atoms with Crippen molar-refractivity contribution in [3.8, 4) is 22.6 Å². The molecule has 0 fully saturated rings. The number of carbonyl (C=O) groups excluding carboxylic acids is 1. The van der Waals surface area contributed by atoms with Crippen molar-refractivity contribution in [1.82, 2.24) is 9.99 Å². The Morgan fingerprint density at radius 2 is 1.61 bits per heavy atom. The molecule has 1 N–H and O–H groups in total. The number of non-ortho nitro benzene ring substituents is 1. The maximum Gasteiger partial charge on any atom is 0.271 e. The molecule has 3 aromatic carbocycles. The molecule has 1 heterocycles. The zero-order valence-electron chi connectivity index (χ0n) is 20.3. The van der Waals surface area contributed by atoms with Crippen LogP contribution < -0.4 is 10.2 Å². The highest BCUT2D eigenvalue weighted by Gasteiger charge is 2.11. The molecule has 8 nitrogen and oxygen atoms in total. The Balaban J connectivity index is 1.46. The molecular weight excluding hydrogens is 456 g/mol. The number of nitro benzene ring substituents is 1. The molecule has 182 valence electrons. The van der Waals surface area contributed by atoms with E-state index in [0.717, 1.165) is 33.8 Å². The minimum atomic E-state index is -0.406. The Morgan fingerprint density at radius 3 is 2.19 bits per heavy atom. The number of amides is 1. The maximum atomic E-state index is 12.4. The van der Waals surface area contributed by atoms with Crippen LogP contribution in [-0.4, -0.2) is 28.2 Å². The van der Waals surface area contributed by atoms with E-state index in [2.05, 4.69) is 15.1 Å². The highest BCUT2D eigenvalue weighted by molar-refractivity contribution is 5.95. The van der Waals surface area contributed by atoms with Crippen LogP contribution in [0.15, 0.2) is 84.0 Å². The summed E-state index contributed by atoms with van der Waals surface area (Å²) in [5.74, 6) is 0.413. The third-order valence-electron chi connectivity index (χ3n) is 5.80. The van der Waals surface area contributed by atoms with Crippen molar-refractivity contribution in [3.05, 3.63) is 111 Å². The summed E-state index contributed by atoms with van der Waals surface area (Å²) in [5.41, 5.74) is 8.88. The molecule has 0 atom stereocenters. The summed E-state index contributed by atoms with van der Waals surface area (Å²) >= 11 is 0. The first-order valence-corrected chi connectivity index (χ1v) is 11.5. The standard InChI is InChI=1S/C28H26N4O4/c1-4-36-27-15-9-23(10-16-27)28(33)30-29-18-24-17-19(2)31(20(24)3)25-11-5-21(6-12-25)22-7-13-26(14-8-22)32(34)35/h5-18H,4H2,1-3H3,(H,30,33)/b29-18+. The van der Waals surface area contributed by atoms with Gasteiger partial charge in [-0.05, 0) is 86.5 Å². The summed E-state index contributed by atoms with van der Waals surface area (Å²) in [4.78, 5) is 22.9. The molecule has 0 aliphatic carbocycles. The Kier molecular flexibility index (Phi) is 7.25. The fourth-order valence-corrected chi connectivity index (χ4v) is 3.99. The molecule has 0 saturated heterocycles. The molecule has 36 heavy (non-hydrogen) atoms. The van der Waals surface area contributed by atoms with Crippen LogP contribution in [0.1, 0.15) is 34.2 Å². The molecule has 1 amide bonds. The largest absolute Gasteiger partial charge is 0.494 e. The van der Waals surface area contributed by atoms with Crippen molar-refractivity contribution in [1.29, 1.82) is 0 Å². The highest BCUT2D eigenvalue weighted by Crippen LogP contribution is 2.26. The van der Waals surface area contributed by atoms with E-state index in [1.54, 1.807) is 42.6 Å². The predicted octanol–water partition coefficient (Wildman–Crippen LogP) is 5.83. The van der Waals surface area contributed by atoms with Gasteiger partial charge in [-0.15, -0.1) is 0 Å². The van der Waals surface area contributed by atoms with Crippen molar-refractivity contribution in [2.45, 2.75) is 20.8 Å². The van der Waals surface area contributed by atoms with Crippen LogP contribution in [0.5, 0.6) is 5.75 Å². The van der Waals surface area contributed by atoms with Crippen molar-refractivity contribution in [2.24, 2.45) is 5.10 Å². The van der Waals surface area contributed by atoms with Crippen LogP contribution in [0, 0.1) is 24.0 Å². The second-order valence-electron chi connectivity index (χ2n) is 8.17. The van der Waals surface area contributed by atoms with E-state index < -0.39 is 4.92 Å². The number of aryl methyl sites for hydroxylation is 1. The number of nitro groups is 1. The average molecular weight is 483 g/mol. The first-order chi connectivity index (χ1) is 17.4. The first-order valence-electron chi connectivity index (χ1n) is 11.5. The highest BCUT2D eigenvalue weighted by atomic mass is 16.6. The van der Waals surface area contributed by atoms with Gasteiger partial charge in [-0.1, -0.05) is 12.1 Å². The number of ether oxygens (including phenoxy) is 1. The second kappa shape index (κ2) is 10.7. The van der Waals surface area contributed by atoms with Gasteiger partial charge in [-0.3, -0.25) is 14.9 Å². The van der Waals surface area contributed by atoms with Gasteiger partial charge in [-0.25, -0.2) is 5.43 Å². The maximum absolute atomic E-state index is 12.4. The number of aromatic nitrogens is 1. The van der Waals surface area contributed by atoms with E-state index in [4.69, 9.17) is 4.74 Å². The Labute approximate surface area is 209 Å². The van der Waals surface area contributed by atoms with E-state index in [1.807, 2.05) is 51.1 Å². The molecule has 4 rings (SSSR count). The molecule has 0 saturated carbocycles. The molecular formula is C28H26N4O4. The van der Waals surface area contributed by atoms with Gasteiger partial charge in [0.25, 0.3) is 11.6 Å². The molecule has 0 aliphatic rings. The van der Waals surface area contributed by atoms with Crippen LogP contribution in [0.25, 0.3) is 16.8 Å². The zero-order valence-corrected chi connectivity index (χ0v) is 20.3. The van der Waals surface area contributed by atoms with E-state index in [9.17, 15) is 14.9 Å². The van der Waals surface area contributed by atoms with Gasteiger partial charge < -0.3 is 9.30 Å². The number of hydrogen-bond donors (Lipinski definition) is 1. The van der Waals surface area contributed by atoms with E-state index >= 15 is 0 Å². The second-order valence-corrected chi connectivity index (χ2v) is 8.17. The lowest BCUT2D eigenvalue weighted by molar-refractivity contribution is -0.384. The van der Waals surface area contributed by atoms with Crippen LogP contribution in [-0.2, 0) is 0 Å². The molecule has 0 unspecified atom stereocenters. The van der Waals surface area contributed by atoms with Gasteiger partial charge in [0.15, 0.2) is 0 Å². The normalized spacial score (nSPS) is 11.0. The third kappa shape index (κ3) is 5.33. The van der Waals surface area contributed by atoms with Crippen molar-refractivity contribution >= 4 is 17.8 Å². The van der Waals surface area contributed by atoms with Gasteiger partial charge in [-0.2, -0.15) is 5.10 Å². The zero-order chi connectivity index (χ0) is 25.7. The van der Waals surface area contributed by atoms with E-state index in [-0.39, 0.29) is 11.6 Å². The van der Waals surface area contributed by atoms with E-state index in [0.29, 0.717) is 17.9 Å². The van der Waals surface area contributed by atoms with Crippen LogP contribution in [0.2, 0.25) is 0 Å². The Bertz CT molecular complexity index is 1400. The lowest BCUT2D eigenvalue weighted by Crippen LogP contribution is -2.17. The molecule has 0 aliphatic heterocycles. The van der Waals surface area contributed by atoms with Gasteiger partial charge in [0.05, 0.1) is 17.7 Å². The number of hydrazone groups is 1. The van der Waals surface area contributed by atoms with Gasteiger partial charge in [0.2, 0.25) is 0 Å². The summed E-state index contributed by atoms with van der Waals surface area (Å²) in [6.07, 6.45) is 1.64. The molecule has 0 spiro atoms. The van der Waals surface area contributed by atoms with Crippen molar-refractivity contribution in [2.75, 3.05) is 6.61 Å². The third-order valence-corrected chi connectivity index (χ3v) is 5.80. The fourth-order valence-electron chi connectivity index (χ4n) is 3.99. The monoisotopic (exact) mass is 482 g/mol. The Morgan fingerprint density at radius 1 is 1.00 bits per heavy atom. The molecule has 0 radical (unpaired) electrons. The number of carbonyl (C=O) groups is 1. The lowest BCUT2D eigenvalue weighted by Gasteiger charge is -2.11. The number of rotatable bonds is 8. The predicted molar refractivity (Wildman–Crippen MR) is 140 cm³/mol. The average Bonchev–Trinajstić information content (AvgIpc) is 3.17. The first kappa shape index (κ1) is 24.4. The number of hydrogen-bond acceptors (Lipinski definition) is 5.